The summed E-state index contributed by atoms with van der Waals surface area (Å²) in [6, 6.07) is 9.34. The minimum Gasteiger partial charge on any atom is -0.462 e. The van der Waals surface area contributed by atoms with Crippen molar-refractivity contribution in [1.82, 2.24) is 14.2 Å². The molecule has 8 fully saturated rings. The molecule has 26 nitrogen and oxygen atoms in total. The van der Waals surface area contributed by atoms with Crippen LogP contribution < -0.4 is 5.32 Å². The zero-order valence-corrected chi connectivity index (χ0v) is 77.9. The number of nitrogens with one attached hydrogen (secondary N) is 1. The normalized spacial score (nSPS) is 40.3. The van der Waals surface area contributed by atoms with E-state index in [9.17, 15) is 24.0 Å². The Bertz CT molecular complexity index is 4060. The van der Waals surface area contributed by atoms with Crippen LogP contribution in [0.15, 0.2) is 71.4 Å². The molecular weight excluding hydrogens is 1640 g/mol. The van der Waals surface area contributed by atoms with Gasteiger partial charge in [-0.15, -0.1) is 0 Å². The number of nitriles is 1. The summed E-state index contributed by atoms with van der Waals surface area (Å²) in [5.74, 6) is -0.409. The summed E-state index contributed by atoms with van der Waals surface area (Å²) in [6.07, 6.45) is 19.4. The number of halogens is 2. The number of hydrogen-bond acceptors (Lipinski definition) is 26. The molecule has 6 aliphatic carbocycles. The van der Waals surface area contributed by atoms with Crippen molar-refractivity contribution >= 4 is 69.8 Å². The van der Waals surface area contributed by atoms with E-state index in [0.717, 1.165) is 113 Å². The maximum absolute atomic E-state index is 14.7. The van der Waals surface area contributed by atoms with Crippen LogP contribution in [0.1, 0.15) is 193 Å². The van der Waals surface area contributed by atoms with Crippen molar-refractivity contribution in [3.63, 3.8) is 0 Å². The van der Waals surface area contributed by atoms with Crippen LogP contribution in [0, 0.1) is 82.3 Å². The molecular formula is C94H137Cl2N5O21S. The first-order valence-electron chi connectivity index (χ1n) is 45.1. The fourth-order valence-electron chi connectivity index (χ4n) is 22.4. The summed E-state index contributed by atoms with van der Waals surface area (Å²) in [5, 5.41) is 11.7. The van der Waals surface area contributed by atoms with Crippen molar-refractivity contribution < 1.29 is 99.8 Å². The second kappa shape index (κ2) is 44.1. The number of carbonyl (C=O) groups is 5. The highest BCUT2D eigenvalue weighted by Gasteiger charge is 2.57. The van der Waals surface area contributed by atoms with Crippen LogP contribution in [0.5, 0.6) is 0 Å². The van der Waals surface area contributed by atoms with Crippen LogP contribution in [0.25, 0.3) is 0 Å². The monoisotopic (exact) mass is 1770 g/mol. The zero-order valence-electron chi connectivity index (χ0n) is 75.6. The summed E-state index contributed by atoms with van der Waals surface area (Å²) in [4.78, 5) is 73.0. The number of esters is 2. The first-order chi connectivity index (χ1) is 59.0. The number of likely N-dealkylation sites (N-methyl/N-ethyl adjacent to an activating group) is 2. The lowest BCUT2D eigenvalue weighted by Gasteiger charge is -2.44. The summed E-state index contributed by atoms with van der Waals surface area (Å²) >= 11 is 12.4. The average molecular weight is 1780 g/mol. The molecule has 0 unspecified atom stereocenters. The third-order valence-corrected chi connectivity index (χ3v) is 30.8. The molecule has 684 valence electrons. The molecule has 29 heteroatoms. The number of rotatable bonds is 20. The van der Waals surface area contributed by atoms with Gasteiger partial charge >= 0.3 is 11.9 Å². The summed E-state index contributed by atoms with van der Waals surface area (Å²) < 4.78 is 103. The lowest BCUT2D eigenvalue weighted by atomic mass is 9.67. The minimum atomic E-state index is -0.598. The largest absolute Gasteiger partial charge is 0.462 e. The van der Waals surface area contributed by atoms with Crippen molar-refractivity contribution in [2.24, 2.45) is 71.0 Å². The first-order valence-corrected chi connectivity index (χ1v) is 46.6. The molecule has 6 saturated heterocycles. The summed E-state index contributed by atoms with van der Waals surface area (Å²) in [6.45, 7) is 18.6. The number of carbonyl (C=O) groups excluding carboxylic acids is 5. The Morgan fingerprint density at radius 3 is 1.47 bits per heavy atom. The Labute approximate surface area is 742 Å². The summed E-state index contributed by atoms with van der Waals surface area (Å²) in [5.41, 5.74) is 3.63. The lowest BCUT2D eigenvalue weighted by molar-refractivity contribution is -0.314. The SMILES string of the molecule is CC[C@H]1CCC[C@H](O[C@H]2CC[C@H](N(C)C)[C@@H](C)O2)[C@@H](C)C(=O)C2=C[C@@H]3[C@@H](C=C(C)[C@@H]4C[C@@H](O[C@@H]5O[C@@H](C)[C@H](OC)[C@@H](OC)[C@H]5OC)C[C@@H]34)[C@@H]2CC(=O)O1.CC[C@H]1CCC[C@H](O[C@H]2CC[C@H](N(C)C)[C@@H](C)O2)[C@@H](C)C(=O)C2=C[C@@H]3[C@@H](C=C[C@@H]4C[C@@H](O[C@@H]5O[C@@H](C)[C@H](OC)[C@@H](OC)[C@H]5OC)C[C@@H]34)[C@@H]2CC(=O)O1.N#Cc1ccccc1NC(=O)c1snc(Cl)c1Cl. The third kappa shape index (κ3) is 22.2. The van der Waals surface area contributed by atoms with Crippen molar-refractivity contribution in [1.29, 1.82) is 5.26 Å². The Balaban J connectivity index is 0.000000187. The number of anilines is 1. The van der Waals surface area contributed by atoms with Crippen molar-refractivity contribution in [3.8, 4) is 6.07 Å². The molecule has 14 rings (SSSR count). The number of methoxy groups -OCH3 is 6. The van der Waals surface area contributed by atoms with Gasteiger partial charge in [0.1, 0.15) is 64.8 Å². The Morgan fingerprint density at radius 2 is 1.02 bits per heavy atom. The zero-order chi connectivity index (χ0) is 88.5. The maximum atomic E-state index is 14.7. The summed E-state index contributed by atoms with van der Waals surface area (Å²) in [7, 11) is 18.3. The van der Waals surface area contributed by atoms with Gasteiger partial charge in [0.25, 0.3) is 5.91 Å². The van der Waals surface area contributed by atoms with Gasteiger partial charge in [-0.1, -0.05) is 99.0 Å². The van der Waals surface area contributed by atoms with Gasteiger partial charge in [0, 0.05) is 78.4 Å². The van der Waals surface area contributed by atoms with Crippen molar-refractivity contribution in [2.45, 2.75) is 313 Å². The maximum Gasteiger partial charge on any atom is 0.306 e. The Kier molecular flexibility index (Phi) is 34.8. The predicted molar refractivity (Wildman–Crippen MR) is 464 cm³/mol. The van der Waals surface area contributed by atoms with Crippen molar-refractivity contribution in [3.05, 3.63) is 92.0 Å². The fourth-order valence-corrected chi connectivity index (χ4v) is 23.6. The van der Waals surface area contributed by atoms with Crippen LogP contribution in [0.4, 0.5) is 5.69 Å². The molecule has 0 radical (unpaired) electrons. The Morgan fingerprint density at radius 1 is 0.545 bits per heavy atom. The smallest absolute Gasteiger partial charge is 0.306 e. The number of amides is 1. The average Bonchev–Trinajstić information content (AvgIpc) is 1.60. The highest BCUT2D eigenvalue weighted by molar-refractivity contribution is 7.09. The molecule has 1 amide bonds. The number of cyclic esters (lactones) is 2. The number of fused-ring (bicyclic) bond motifs is 10. The van der Waals surface area contributed by atoms with E-state index < -0.39 is 30.7 Å². The van der Waals surface area contributed by atoms with Gasteiger partial charge in [-0.25, -0.2) is 0 Å². The molecule has 0 bridgehead atoms. The van der Waals surface area contributed by atoms with E-state index >= 15 is 0 Å². The van der Waals surface area contributed by atoms with Crippen LogP contribution in [-0.2, 0) is 95.0 Å². The molecule has 2 saturated carbocycles. The second-order valence-corrected chi connectivity index (χ2v) is 38.2. The van der Waals surface area contributed by atoms with E-state index in [2.05, 4.69) is 113 Å². The third-order valence-electron chi connectivity index (χ3n) is 29.0. The van der Waals surface area contributed by atoms with Gasteiger partial charge in [0.05, 0.1) is 72.9 Å². The van der Waals surface area contributed by atoms with Crippen LogP contribution in [-0.4, -0.2) is 249 Å². The molecule has 6 aliphatic heterocycles. The standard InChI is InChI=1S/C42H67NO10.C41H65NO10.C11H5Cl2N3OS/c1-11-26-13-12-14-35(53-37-16-15-34(43(6)7)24(4)49-37)23(3)38(45)33-20-31-29(32(33)21-36(44)51-26)17-22(2)28-18-27(19-30(28)31)52-42-41(48-10)40(47-9)39(46-8)25(5)50-42;1-10-26-12-11-13-34(52-36-17-16-33(42(5)6)23(3)48-36)22(2)37(44)32-20-30-28(31(32)21-35(43)50-26)15-14-25-18-27(19-29(25)30)51-41-40(47-9)39(46-8)38(45-7)24(4)49-41;12-8-9(18-16-10(8)13)11(17)15-7-4-2-1-3-6(7)5-14/h17,20,23-32,34-35,37,39-42H,11-16,18-19,21H2,1-10H3;14-15,20,22-31,33-34,36,38-41H,10-13,16-19,21H2,1-9H3;1-4H,(H,15,17)/t23-,24-,25+,26+,27-,28+,29-,30-,31-,32+,34+,35+,37+,39+,40-,41-,42+;22-,23-,24+,25-,26+,27-,28-,29-,30-,31+,33+,34+,36+,38+,39-,40-,41+;/m11./s1. The fraction of sp³-hybridized carbons (Fsp3) is 0.755. The van der Waals surface area contributed by atoms with E-state index in [4.69, 9.17) is 104 Å². The number of para-hydroxylation sites is 1. The quantitative estimate of drug-likeness (QED) is 0.0951. The highest BCUT2D eigenvalue weighted by Crippen LogP contribution is 2.58. The van der Waals surface area contributed by atoms with E-state index in [1.54, 1.807) is 66.9 Å². The highest BCUT2D eigenvalue weighted by atomic mass is 35.5. The second-order valence-electron chi connectivity index (χ2n) is 36.7. The molecule has 34 atom stereocenters. The predicted octanol–water partition coefficient (Wildman–Crippen LogP) is 14.9. The number of aromatic nitrogens is 1. The number of allylic oxidation sites excluding steroid dienone is 8. The van der Waals surface area contributed by atoms with E-state index in [1.165, 1.54) is 5.57 Å². The van der Waals surface area contributed by atoms with Crippen molar-refractivity contribution in [2.75, 3.05) is 76.2 Å². The minimum absolute atomic E-state index is 0.0364. The van der Waals surface area contributed by atoms with E-state index in [1.807, 2.05) is 33.8 Å². The molecule has 1 aromatic heterocycles. The number of Topliss-reactive ketones (excluding diaryl/α,β-unsaturated/α-hetero) is 2. The van der Waals surface area contributed by atoms with Gasteiger partial charge in [0.15, 0.2) is 41.9 Å². The van der Waals surface area contributed by atoms with Crippen LogP contribution in [0.2, 0.25) is 10.2 Å². The van der Waals surface area contributed by atoms with Gasteiger partial charge in [-0.2, -0.15) is 9.64 Å². The number of hydrogen-bond donors (Lipinski definition) is 1. The number of ketones is 2. The van der Waals surface area contributed by atoms with Gasteiger partial charge in [-0.3, -0.25) is 24.0 Å². The lowest BCUT2D eigenvalue weighted by Crippen LogP contribution is -2.59. The van der Waals surface area contributed by atoms with Crippen LogP contribution in [0.3, 0.4) is 0 Å². The molecule has 7 heterocycles. The molecule has 12 aliphatic rings. The molecule has 123 heavy (non-hydrogen) atoms. The number of nitrogens with zero attached hydrogens (tertiary/aromatic N) is 4. The van der Waals surface area contributed by atoms with Gasteiger partial charge < -0.3 is 90.9 Å². The topological polar surface area (TPSA) is 288 Å². The number of benzene rings is 1. The van der Waals surface area contributed by atoms with E-state index in [-0.39, 0.29) is 209 Å². The number of ether oxygens (including phenoxy) is 16. The Hall–Kier alpha value is -5.01. The van der Waals surface area contributed by atoms with Crippen LogP contribution >= 0.6 is 34.7 Å². The van der Waals surface area contributed by atoms with Gasteiger partial charge in [0.2, 0.25) is 0 Å². The molecule has 1 aromatic carbocycles. The van der Waals surface area contributed by atoms with Gasteiger partial charge in [-0.05, 0) is 248 Å². The molecule has 2 aromatic rings. The van der Waals surface area contributed by atoms with E-state index in [0.29, 0.717) is 48.0 Å². The first kappa shape index (κ1) is 97.1. The molecule has 1 N–H and O–H groups in total. The molecule has 0 spiro atoms.